The van der Waals surface area contributed by atoms with Crippen molar-refractivity contribution in [2.24, 2.45) is 0 Å². The molecule has 3 aromatic rings. The fraction of sp³-hybridized carbons (Fsp3) is 0.176. The first-order chi connectivity index (χ1) is 12.8. The van der Waals surface area contributed by atoms with Crippen molar-refractivity contribution in [2.45, 2.75) is 0 Å². The molecule has 0 aliphatic carbocycles. The number of aromatic nitrogens is 2. The first-order valence-electron chi connectivity index (χ1n) is 7.71. The summed E-state index contributed by atoms with van der Waals surface area (Å²) in [5.74, 6) is 1.05. The van der Waals surface area contributed by atoms with Crippen molar-refractivity contribution < 1.29 is 26.9 Å². The van der Waals surface area contributed by atoms with E-state index >= 15 is 0 Å². The largest absolute Gasteiger partial charge is 0.496 e. The number of amides is 1. The Hall–Kier alpha value is -3.27. The first-order valence-corrected chi connectivity index (χ1v) is 9.53. The topological polar surface area (TPSA) is 120 Å². The highest BCUT2D eigenvalue weighted by atomic mass is 32.2. The number of nitrogens with one attached hydrogen (secondary N) is 2. The third kappa shape index (κ3) is 4.29. The van der Waals surface area contributed by atoms with Crippen LogP contribution in [0, 0.1) is 0 Å². The zero-order valence-corrected chi connectivity index (χ0v) is 15.6. The lowest BCUT2D eigenvalue weighted by molar-refractivity contribution is 0.187. The van der Waals surface area contributed by atoms with Gasteiger partial charge in [-0.3, -0.25) is 5.32 Å². The van der Waals surface area contributed by atoms with E-state index in [0.717, 1.165) is 11.8 Å². The van der Waals surface area contributed by atoms with Gasteiger partial charge in [-0.25, -0.2) is 9.78 Å². The van der Waals surface area contributed by atoms with Gasteiger partial charge in [0.2, 0.25) is 0 Å². The summed E-state index contributed by atoms with van der Waals surface area (Å²) >= 11 is 0. The van der Waals surface area contributed by atoms with Crippen LogP contribution in [0.1, 0.15) is 0 Å². The van der Waals surface area contributed by atoms with Crippen LogP contribution in [0.3, 0.4) is 0 Å². The number of carbonyl (C=O) groups is 1. The van der Waals surface area contributed by atoms with Gasteiger partial charge in [-0.15, -0.1) is 0 Å². The summed E-state index contributed by atoms with van der Waals surface area (Å²) in [5.41, 5.74) is 2.53. The quantitative estimate of drug-likeness (QED) is 0.642. The maximum atomic E-state index is 11.3. The fourth-order valence-electron chi connectivity index (χ4n) is 2.47. The van der Waals surface area contributed by atoms with Gasteiger partial charge in [-0.1, -0.05) is 0 Å². The van der Waals surface area contributed by atoms with Crippen LogP contribution in [0.4, 0.5) is 10.5 Å². The van der Waals surface area contributed by atoms with Crippen molar-refractivity contribution >= 4 is 32.9 Å². The number of fused-ring (bicyclic) bond motifs is 1. The summed E-state index contributed by atoms with van der Waals surface area (Å²) in [7, 11) is -0.897. The number of methoxy groups -OCH3 is 2. The molecule has 0 saturated carbocycles. The van der Waals surface area contributed by atoms with E-state index in [9.17, 15) is 13.2 Å². The van der Waals surface area contributed by atoms with Crippen molar-refractivity contribution in [1.82, 2.24) is 9.97 Å². The third-order valence-electron chi connectivity index (χ3n) is 3.59. The van der Waals surface area contributed by atoms with Gasteiger partial charge >= 0.3 is 16.2 Å². The Labute approximate surface area is 155 Å². The van der Waals surface area contributed by atoms with Crippen LogP contribution < -0.4 is 14.2 Å². The number of hydrogen-bond acceptors (Lipinski definition) is 7. The molecule has 0 fully saturated rings. The lowest BCUT2D eigenvalue weighted by Crippen LogP contribution is -2.10. The summed E-state index contributed by atoms with van der Waals surface area (Å²) in [6.07, 6.45) is 0.389. The molecule has 0 radical (unpaired) electrons. The van der Waals surface area contributed by atoms with Gasteiger partial charge in [-0.2, -0.15) is 8.42 Å². The van der Waals surface area contributed by atoms with Crippen molar-refractivity contribution in [3.05, 3.63) is 36.4 Å². The number of aromatic amines is 1. The van der Waals surface area contributed by atoms with Gasteiger partial charge in [0, 0.05) is 11.8 Å². The molecule has 0 atom stereocenters. The van der Waals surface area contributed by atoms with Crippen molar-refractivity contribution in [3.63, 3.8) is 0 Å². The van der Waals surface area contributed by atoms with E-state index in [-0.39, 0.29) is 5.75 Å². The summed E-state index contributed by atoms with van der Waals surface area (Å²) in [4.78, 5) is 19.0. The van der Waals surface area contributed by atoms with E-state index in [4.69, 9.17) is 8.92 Å². The maximum absolute atomic E-state index is 11.3. The van der Waals surface area contributed by atoms with Gasteiger partial charge in [0.05, 0.1) is 37.1 Å². The predicted octanol–water partition coefficient (Wildman–Crippen LogP) is 2.76. The number of hydrogen-bond donors (Lipinski definition) is 2. The molecule has 1 amide bonds. The van der Waals surface area contributed by atoms with Gasteiger partial charge in [0.1, 0.15) is 17.3 Å². The van der Waals surface area contributed by atoms with E-state index in [1.807, 2.05) is 0 Å². The molecule has 2 aromatic carbocycles. The summed E-state index contributed by atoms with van der Waals surface area (Å²) < 4.78 is 37.3. The zero-order chi connectivity index (χ0) is 19.6. The minimum atomic E-state index is -3.64. The normalized spacial score (nSPS) is 11.2. The van der Waals surface area contributed by atoms with Crippen LogP contribution in [0.15, 0.2) is 36.4 Å². The molecule has 1 heterocycles. The van der Waals surface area contributed by atoms with Crippen molar-refractivity contribution in [1.29, 1.82) is 0 Å². The summed E-state index contributed by atoms with van der Waals surface area (Å²) in [6.45, 7) is 0. The number of carbonyl (C=O) groups excluding carboxylic acids is 1. The number of rotatable bonds is 5. The Balaban J connectivity index is 1.97. The van der Waals surface area contributed by atoms with Crippen LogP contribution in [0.5, 0.6) is 11.5 Å². The Morgan fingerprint density at radius 3 is 2.59 bits per heavy atom. The average Bonchev–Trinajstić information content (AvgIpc) is 3.03. The Morgan fingerprint density at radius 2 is 1.93 bits per heavy atom. The van der Waals surface area contributed by atoms with Crippen molar-refractivity contribution in [2.75, 3.05) is 25.8 Å². The molecule has 27 heavy (non-hydrogen) atoms. The van der Waals surface area contributed by atoms with E-state index < -0.39 is 16.2 Å². The second kappa shape index (κ2) is 7.16. The molecule has 0 unspecified atom stereocenters. The Kier molecular flexibility index (Phi) is 4.91. The first kappa shape index (κ1) is 18.5. The molecule has 0 bridgehead atoms. The number of benzene rings is 2. The number of H-pyrrole nitrogens is 1. The smallest absolute Gasteiger partial charge is 0.411 e. The molecule has 0 spiro atoms. The monoisotopic (exact) mass is 391 g/mol. The average molecular weight is 391 g/mol. The molecule has 0 saturated heterocycles. The standard InChI is InChI=1S/C17H17N3O6S/c1-24-15-9-11(26-27(3,22)23)5-6-12(15)16-19-13-7-4-10(8-14(13)20-16)18-17(21)25-2/h4-9H,1-3H3,(H,18,21)(H,19,20). The molecule has 0 aliphatic rings. The fourth-order valence-corrected chi connectivity index (χ4v) is 2.93. The molecular weight excluding hydrogens is 374 g/mol. The number of imidazole rings is 1. The van der Waals surface area contributed by atoms with E-state index in [1.54, 1.807) is 24.3 Å². The second-order valence-corrected chi connectivity index (χ2v) is 7.16. The lowest BCUT2D eigenvalue weighted by Gasteiger charge is -2.09. The van der Waals surface area contributed by atoms with Gasteiger partial charge in [0.25, 0.3) is 0 Å². The Morgan fingerprint density at radius 1 is 1.15 bits per heavy atom. The molecule has 9 nitrogen and oxygen atoms in total. The van der Waals surface area contributed by atoms with E-state index in [1.165, 1.54) is 26.4 Å². The predicted molar refractivity (Wildman–Crippen MR) is 99.6 cm³/mol. The molecular formula is C17H17N3O6S. The second-order valence-electron chi connectivity index (χ2n) is 5.58. The van der Waals surface area contributed by atoms with Crippen LogP contribution in [0.25, 0.3) is 22.4 Å². The molecule has 3 rings (SSSR count). The van der Waals surface area contributed by atoms with E-state index in [2.05, 4.69) is 20.0 Å². The minimum absolute atomic E-state index is 0.138. The van der Waals surface area contributed by atoms with Crippen LogP contribution in [-0.4, -0.2) is 45.0 Å². The molecule has 2 N–H and O–H groups in total. The number of ether oxygens (including phenoxy) is 2. The molecule has 142 valence electrons. The number of nitrogens with zero attached hydrogens (tertiary/aromatic N) is 1. The van der Waals surface area contributed by atoms with E-state index in [0.29, 0.717) is 28.3 Å². The SMILES string of the molecule is COC(=O)Nc1ccc2[nH]c(-c3ccc(OS(C)(=O)=O)cc3OC)nc2c1. The number of anilines is 1. The highest BCUT2D eigenvalue weighted by Crippen LogP contribution is 2.33. The van der Waals surface area contributed by atoms with Crippen LogP contribution in [-0.2, 0) is 14.9 Å². The minimum Gasteiger partial charge on any atom is -0.496 e. The maximum Gasteiger partial charge on any atom is 0.411 e. The third-order valence-corrected chi connectivity index (χ3v) is 4.09. The lowest BCUT2D eigenvalue weighted by atomic mass is 10.2. The van der Waals surface area contributed by atoms with Crippen molar-refractivity contribution in [3.8, 4) is 22.9 Å². The van der Waals surface area contributed by atoms with Gasteiger partial charge < -0.3 is 18.6 Å². The Bertz CT molecular complexity index is 1110. The molecule has 10 heteroatoms. The summed E-state index contributed by atoms with van der Waals surface area (Å²) in [6, 6.07) is 9.79. The van der Waals surface area contributed by atoms with Crippen LogP contribution in [0.2, 0.25) is 0 Å². The van der Waals surface area contributed by atoms with Gasteiger partial charge in [0.15, 0.2) is 0 Å². The molecule has 0 aliphatic heterocycles. The highest BCUT2D eigenvalue weighted by Gasteiger charge is 2.14. The molecule has 1 aromatic heterocycles. The summed E-state index contributed by atoms with van der Waals surface area (Å²) in [5, 5.41) is 2.57. The zero-order valence-electron chi connectivity index (χ0n) is 14.8. The van der Waals surface area contributed by atoms with Crippen LogP contribution >= 0.6 is 0 Å². The highest BCUT2D eigenvalue weighted by molar-refractivity contribution is 7.86. The van der Waals surface area contributed by atoms with Gasteiger partial charge in [-0.05, 0) is 30.3 Å².